The molecule has 1 atom stereocenters. The van der Waals surface area contributed by atoms with E-state index in [1.807, 2.05) is 24.3 Å². The Morgan fingerprint density at radius 2 is 2.24 bits per heavy atom. The second-order valence-electron chi connectivity index (χ2n) is 4.31. The summed E-state index contributed by atoms with van der Waals surface area (Å²) in [6.07, 6.45) is 4.22. The summed E-state index contributed by atoms with van der Waals surface area (Å²) in [5, 5.41) is 12.4. The molecule has 1 aliphatic rings. The van der Waals surface area contributed by atoms with Gasteiger partial charge >= 0.3 is 0 Å². The predicted molar refractivity (Wildman–Crippen MR) is 66.1 cm³/mol. The zero-order valence-electron chi connectivity index (χ0n) is 9.60. The lowest BCUT2D eigenvalue weighted by molar-refractivity contribution is 0.168. The lowest BCUT2D eigenvalue weighted by atomic mass is 10.1. The van der Waals surface area contributed by atoms with E-state index in [2.05, 4.69) is 15.5 Å². The van der Waals surface area contributed by atoms with Crippen LogP contribution in [-0.2, 0) is 0 Å². The quantitative estimate of drug-likeness (QED) is 0.852. The Bertz CT molecular complexity index is 503. The minimum Gasteiger partial charge on any atom is -0.487 e. The summed E-state index contributed by atoms with van der Waals surface area (Å²) in [5.74, 6) is 0.837. The van der Waals surface area contributed by atoms with Gasteiger partial charge in [-0.3, -0.25) is 0 Å². The van der Waals surface area contributed by atoms with Crippen LogP contribution in [-0.4, -0.2) is 29.4 Å². The predicted octanol–water partition coefficient (Wildman–Crippen LogP) is 1.76. The molecular formula is C13H15N3O. The monoisotopic (exact) mass is 229 g/mol. The highest BCUT2D eigenvalue weighted by molar-refractivity contribution is 5.83. The van der Waals surface area contributed by atoms with Gasteiger partial charge in [-0.05, 0) is 31.5 Å². The Balaban J connectivity index is 1.89. The highest BCUT2D eigenvalue weighted by Crippen LogP contribution is 2.24. The normalized spacial score (nSPS) is 20.4. The van der Waals surface area contributed by atoms with Gasteiger partial charge < -0.3 is 10.1 Å². The molecule has 88 valence electrons. The Hall–Kier alpha value is -1.68. The van der Waals surface area contributed by atoms with Crippen LogP contribution in [0.3, 0.4) is 0 Å². The van der Waals surface area contributed by atoms with Crippen molar-refractivity contribution in [2.24, 2.45) is 0 Å². The molecule has 1 N–H and O–H groups in total. The van der Waals surface area contributed by atoms with Crippen molar-refractivity contribution in [1.29, 1.82) is 0 Å². The molecule has 0 aliphatic carbocycles. The highest BCUT2D eigenvalue weighted by atomic mass is 16.5. The minimum absolute atomic E-state index is 0.247. The van der Waals surface area contributed by atoms with Gasteiger partial charge in [-0.15, -0.1) is 0 Å². The molecule has 1 aromatic carbocycles. The summed E-state index contributed by atoms with van der Waals surface area (Å²) < 4.78 is 6.00. The van der Waals surface area contributed by atoms with E-state index in [-0.39, 0.29) is 6.10 Å². The van der Waals surface area contributed by atoms with Crippen molar-refractivity contribution < 1.29 is 4.74 Å². The third-order valence-corrected chi connectivity index (χ3v) is 3.06. The molecule has 4 heteroatoms. The van der Waals surface area contributed by atoms with Crippen molar-refractivity contribution in [3.05, 3.63) is 30.5 Å². The van der Waals surface area contributed by atoms with Crippen LogP contribution in [0.25, 0.3) is 10.9 Å². The third-order valence-electron chi connectivity index (χ3n) is 3.06. The molecule has 0 spiro atoms. The maximum atomic E-state index is 6.00. The van der Waals surface area contributed by atoms with Gasteiger partial charge in [-0.1, -0.05) is 12.1 Å². The van der Waals surface area contributed by atoms with E-state index in [0.717, 1.165) is 36.2 Å². The van der Waals surface area contributed by atoms with E-state index in [1.165, 1.54) is 6.42 Å². The molecule has 1 aliphatic heterocycles. The smallest absolute Gasteiger partial charge is 0.149 e. The van der Waals surface area contributed by atoms with Crippen molar-refractivity contribution in [2.75, 3.05) is 13.1 Å². The third kappa shape index (κ3) is 2.22. The van der Waals surface area contributed by atoms with Gasteiger partial charge in [-0.25, -0.2) is 0 Å². The van der Waals surface area contributed by atoms with Crippen molar-refractivity contribution >= 4 is 10.9 Å². The summed E-state index contributed by atoms with van der Waals surface area (Å²) in [6, 6.07) is 7.93. The molecule has 1 saturated heterocycles. The van der Waals surface area contributed by atoms with Gasteiger partial charge in [0.2, 0.25) is 0 Å². The molecule has 0 bridgehead atoms. The van der Waals surface area contributed by atoms with Crippen LogP contribution in [0.5, 0.6) is 5.75 Å². The van der Waals surface area contributed by atoms with E-state index >= 15 is 0 Å². The standard InChI is InChI=1S/C13H15N3O/c1-2-6-12-11(5-1)13(9-15-16-12)17-10-4-3-7-14-8-10/h1-2,5-6,9-10,14H,3-4,7-8H2/t10-/m0/s1. The molecule has 2 heterocycles. The molecule has 1 fully saturated rings. The fraction of sp³-hybridized carbons (Fsp3) is 0.385. The number of ether oxygens (including phenoxy) is 1. The first-order valence-corrected chi connectivity index (χ1v) is 6.01. The van der Waals surface area contributed by atoms with Crippen LogP contribution in [0.2, 0.25) is 0 Å². The lowest BCUT2D eigenvalue weighted by Gasteiger charge is -2.24. The fourth-order valence-electron chi connectivity index (χ4n) is 2.18. The van der Waals surface area contributed by atoms with Crippen molar-refractivity contribution in [3.8, 4) is 5.75 Å². The van der Waals surface area contributed by atoms with Gasteiger partial charge in [0.05, 0.1) is 11.7 Å². The van der Waals surface area contributed by atoms with Crippen LogP contribution in [0.1, 0.15) is 12.8 Å². The molecule has 0 unspecified atom stereocenters. The number of hydrogen-bond acceptors (Lipinski definition) is 4. The van der Waals surface area contributed by atoms with Crippen molar-refractivity contribution in [1.82, 2.24) is 15.5 Å². The Morgan fingerprint density at radius 3 is 3.12 bits per heavy atom. The van der Waals surface area contributed by atoms with Crippen LogP contribution in [0, 0.1) is 0 Å². The van der Waals surface area contributed by atoms with E-state index in [4.69, 9.17) is 4.74 Å². The average molecular weight is 229 g/mol. The number of nitrogens with one attached hydrogen (secondary N) is 1. The summed E-state index contributed by atoms with van der Waals surface area (Å²) >= 11 is 0. The maximum absolute atomic E-state index is 6.00. The van der Waals surface area contributed by atoms with Crippen LogP contribution in [0.15, 0.2) is 30.5 Å². The SMILES string of the molecule is c1ccc2c(O[C@H]3CCCNC3)cnnc2c1. The number of fused-ring (bicyclic) bond motifs is 1. The first kappa shape index (κ1) is 10.5. The van der Waals surface area contributed by atoms with E-state index in [9.17, 15) is 0 Å². The van der Waals surface area contributed by atoms with Gasteiger partial charge in [-0.2, -0.15) is 10.2 Å². The molecule has 1 aromatic heterocycles. The first-order valence-electron chi connectivity index (χ1n) is 6.01. The second kappa shape index (κ2) is 4.67. The number of hydrogen-bond donors (Lipinski definition) is 1. The van der Waals surface area contributed by atoms with Crippen LogP contribution < -0.4 is 10.1 Å². The van der Waals surface area contributed by atoms with E-state index < -0.39 is 0 Å². The summed E-state index contributed by atoms with van der Waals surface area (Å²) in [7, 11) is 0. The molecule has 4 nitrogen and oxygen atoms in total. The first-order chi connectivity index (χ1) is 8.43. The number of piperidine rings is 1. The summed E-state index contributed by atoms with van der Waals surface area (Å²) in [6.45, 7) is 2.01. The van der Waals surface area contributed by atoms with Gasteiger partial charge in [0.1, 0.15) is 11.9 Å². The van der Waals surface area contributed by atoms with E-state index in [0.29, 0.717) is 0 Å². The number of nitrogens with zero attached hydrogens (tertiary/aromatic N) is 2. The molecule has 0 radical (unpaired) electrons. The van der Waals surface area contributed by atoms with Crippen molar-refractivity contribution in [3.63, 3.8) is 0 Å². The van der Waals surface area contributed by atoms with Crippen molar-refractivity contribution in [2.45, 2.75) is 18.9 Å². The number of aromatic nitrogens is 2. The molecule has 3 rings (SSSR count). The zero-order chi connectivity index (χ0) is 11.5. The molecule has 0 saturated carbocycles. The Kier molecular flexibility index (Phi) is 2.88. The van der Waals surface area contributed by atoms with Gasteiger partial charge in [0.15, 0.2) is 0 Å². The van der Waals surface area contributed by atoms with E-state index in [1.54, 1.807) is 6.20 Å². The zero-order valence-corrected chi connectivity index (χ0v) is 9.60. The topological polar surface area (TPSA) is 47.0 Å². The number of benzene rings is 1. The Morgan fingerprint density at radius 1 is 1.29 bits per heavy atom. The average Bonchev–Trinajstić information content (AvgIpc) is 2.40. The number of rotatable bonds is 2. The molecule has 17 heavy (non-hydrogen) atoms. The van der Waals surface area contributed by atoms with Gasteiger partial charge in [0, 0.05) is 11.9 Å². The molecule has 2 aromatic rings. The second-order valence-corrected chi connectivity index (χ2v) is 4.31. The Labute approximate surface area is 100 Å². The molecule has 0 amide bonds. The van der Waals surface area contributed by atoms with Crippen LogP contribution >= 0.6 is 0 Å². The largest absolute Gasteiger partial charge is 0.487 e. The minimum atomic E-state index is 0.247. The summed E-state index contributed by atoms with van der Waals surface area (Å²) in [4.78, 5) is 0. The summed E-state index contributed by atoms with van der Waals surface area (Å²) in [5.41, 5.74) is 0.883. The fourth-order valence-corrected chi connectivity index (χ4v) is 2.18. The van der Waals surface area contributed by atoms with Gasteiger partial charge in [0.25, 0.3) is 0 Å². The lowest BCUT2D eigenvalue weighted by Crippen LogP contribution is -2.37. The van der Waals surface area contributed by atoms with Crippen LogP contribution in [0.4, 0.5) is 0 Å². The maximum Gasteiger partial charge on any atom is 0.149 e. The highest BCUT2D eigenvalue weighted by Gasteiger charge is 2.15. The molecular weight excluding hydrogens is 214 g/mol.